The highest BCUT2D eigenvalue weighted by atomic mass is 16.6. The van der Waals surface area contributed by atoms with Gasteiger partial charge >= 0.3 is 0 Å². The average Bonchev–Trinajstić information content (AvgIpc) is 3.02. The number of ether oxygens (including phenoxy) is 2. The van der Waals surface area contributed by atoms with E-state index in [1.54, 1.807) is 9.58 Å². The molecule has 4 rings (SSSR count). The van der Waals surface area contributed by atoms with Gasteiger partial charge in [-0.3, -0.25) is 4.79 Å². The van der Waals surface area contributed by atoms with Crippen LogP contribution in [0.25, 0.3) is 5.69 Å². The molecule has 1 saturated heterocycles. The number of amides is 1. The standard InChI is InChI=1S/C17H21N5O3/c1-11-16(17(23)21-6-2-3-12(18)10-21)19-20-22(11)13-4-5-14-15(9-13)25-8-7-24-14/h4-5,9,12H,2-3,6-8,10,18H2,1H3. The zero-order valence-electron chi connectivity index (χ0n) is 14.1. The maximum Gasteiger partial charge on any atom is 0.276 e. The molecular weight excluding hydrogens is 322 g/mol. The molecule has 1 aromatic heterocycles. The Morgan fingerprint density at radius 2 is 2.08 bits per heavy atom. The summed E-state index contributed by atoms with van der Waals surface area (Å²) in [5.74, 6) is 1.27. The molecule has 1 amide bonds. The Bertz CT molecular complexity index is 804. The highest BCUT2D eigenvalue weighted by Crippen LogP contribution is 2.32. The van der Waals surface area contributed by atoms with Gasteiger partial charge in [-0.1, -0.05) is 5.21 Å². The zero-order chi connectivity index (χ0) is 17.4. The number of fused-ring (bicyclic) bond motifs is 1. The van der Waals surface area contributed by atoms with Crippen molar-refractivity contribution in [2.45, 2.75) is 25.8 Å². The van der Waals surface area contributed by atoms with Crippen LogP contribution in [0.5, 0.6) is 11.5 Å². The van der Waals surface area contributed by atoms with Crippen molar-refractivity contribution in [1.29, 1.82) is 0 Å². The highest BCUT2D eigenvalue weighted by molar-refractivity contribution is 5.93. The third kappa shape index (κ3) is 2.93. The van der Waals surface area contributed by atoms with Gasteiger partial charge in [0, 0.05) is 25.2 Å². The molecule has 2 aliphatic rings. The second-order valence-electron chi connectivity index (χ2n) is 6.42. The largest absolute Gasteiger partial charge is 0.486 e. The van der Waals surface area contributed by atoms with Crippen LogP contribution in [0.1, 0.15) is 29.0 Å². The summed E-state index contributed by atoms with van der Waals surface area (Å²) in [7, 11) is 0. The molecule has 8 nitrogen and oxygen atoms in total. The second kappa shape index (κ2) is 6.36. The van der Waals surface area contributed by atoms with Gasteiger partial charge in [0.15, 0.2) is 17.2 Å². The summed E-state index contributed by atoms with van der Waals surface area (Å²) in [4.78, 5) is 14.5. The fourth-order valence-corrected chi connectivity index (χ4v) is 3.28. The number of hydrogen-bond donors (Lipinski definition) is 1. The number of rotatable bonds is 2. The molecule has 8 heteroatoms. The lowest BCUT2D eigenvalue weighted by atomic mass is 10.1. The fourth-order valence-electron chi connectivity index (χ4n) is 3.28. The van der Waals surface area contributed by atoms with Crippen molar-refractivity contribution >= 4 is 5.91 Å². The molecule has 132 valence electrons. The van der Waals surface area contributed by atoms with Gasteiger partial charge in [0.05, 0.1) is 11.4 Å². The van der Waals surface area contributed by atoms with E-state index in [0.29, 0.717) is 49.2 Å². The number of nitrogens with zero attached hydrogens (tertiary/aromatic N) is 4. The molecule has 1 unspecified atom stereocenters. The van der Waals surface area contributed by atoms with Crippen molar-refractivity contribution in [2.75, 3.05) is 26.3 Å². The summed E-state index contributed by atoms with van der Waals surface area (Å²) in [6, 6.07) is 5.60. The Balaban J connectivity index is 1.62. The number of benzene rings is 1. The minimum Gasteiger partial charge on any atom is -0.486 e. The van der Waals surface area contributed by atoms with Gasteiger partial charge in [-0.15, -0.1) is 5.10 Å². The van der Waals surface area contributed by atoms with Crippen LogP contribution in [-0.4, -0.2) is 58.1 Å². The van der Waals surface area contributed by atoms with Crippen molar-refractivity contribution in [3.63, 3.8) is 0 Å². The third-order valence-corrected chi connectivity index (χ3v) is 4.61. The summed E-state index contributed by atoms with van der Waals surface area (Å²) in [5, 5.41) is 8.27. The van der Waals surface area contributed by atoms with Gasteiger partial charge in [0.1, 0.15) is 13.2 Å². The van der Waals surface area contributed by atoms with Crippen LogP contribution in [0.15, 0.2) is 18.2 Å². The van der Waals surface area contributed by atoms with E-state index in [1.807, 2.05) is 25.1 Å². The molecule has 25 heavy (non-hydrogen) atoms. The number of carbonyl (C=O) groups excluding carboxylic acids is 1. The minimum atomic E-state index is -0.114. The normalized spacial score (nSPS) is 19.8. The highest BCUT2D eigenvalue weighted by Gasteiger charge is 2.27. The van der Waals surface area contributed by atoms with Crippen LogP contribution >= 0.6 is 0 Å². The molecule has 0 saturated carbocycles. The Morgan fingerprint density at radius 3 is 2.88 bits per heavy atom. The second-order valence-corrected chi connectivity index (χ2v) is 6.42. The van der Waals surface area contributed by atoms with Crippen LogP contribution in [0.2, 0.25) is 0 Å². The van der Waals surface area contributed by atoms with Crippen molar-refractivity contribution in [2.24, 2.45) is 5.73 Å². The predicted molar refractivity (Wildman–Crippen MR) is 90.2 cm³/mol. The molecular formula is C17H21N5O3. The summed E-state index contributed by atoms with van der Waals surface area (Å²) in [6.45, 7) is 4.18. The minimum absolute atomic E-state index is 0.0332. The van der Waals surface area contributed by atoms with E-state index >= 15 is 0 Å². The van der Waals surface area contributed by atoms with Gasteiger partial charge in [-0.2, -0.15) is 0 Å². The van der Waals surface area contributed by atoms with Gasteiger partial charge in [-0.05, 0) is 31.9 Å². The van der Waals surface area contributed by atoms with E-state index < -0.39 is 0 Å². The molecule has 2 aliphatic heterocycles. The van der Waals surface area contributed by atoms with Crippen LogP contribution in [0.3, 0.4) is 0 Å². The lowest BCUT2D eigenvalue weighted by Crippen LogP contribution is -2.46. The predicted octanol–water partition coefficient (Wildman–Crippen LogP) is 0.910. The number of carbonyl (C=O) groups is 1. The van der Waals surface area contributed by atoms with Crippen LogP contribution in [0, 0.1) is 6.92 Å². The molecule has 1 fully saturated rings. The Kier molecular flexibility index (Phi) is 4.04. The van der Waals surface area contributed by atoms with Crippen molar-refractivity contribution in [3.8, 4) is 17.2 Å². The first kappa shape index (κ1) is 15.9. The monoisotopic (exact) mass is 343 g/mol. The maximum atomic E-state index is 12.8. The van der Waals surface area contributed by atoms with E-state index in [0.717, 1.165) is 18.5 Å². The summed E-state index contributed by atoms with van der Waals surface area (Å²) in [6.07, 6.45) is 1.87. The molecule has 0 bridgehead atoms. The quantitative estimate of drug-likeness (QED) is 0.871. The Morgan fingerprint density at radius 1 is 1.28 bits per heavy atom. The molecule has 2 aromatic rings. The summed E-state index contributed by atoms with van der Waals surface area (Å²) >= 11 is 0. The van der Waals surface area contributed by atoms with E-state index in [9.17, 15) is 4.79 Å². The van der Waals surface area contributed by atoms with E-state index in [-0.39, 0.29) is 11.9 Å². The molecule has 3 heterocycles. The Hall–Kier alpha value is -2.61. The van der Waals surface area contributed by atoms with E-state index in [2.05, 4.69) is 10.3 Å². The molecule has 1 atom stereocenters. The van der Waals surface area contributed by atoms with Crippen molar-refractivity contribution < 1.29 is 14.3 Å². The third-order valence-electron chi connectivity index (χ3n) is 4.61. The molecule has 2 N–H and O–H groups in total. The summed E-state index contributed by atoms with van der Waals surface area (Å²) in [5.41, 5.74) is 7.82. The molecule has 0 spiro atoms. The van der Waals surface area contributed by atoms with Crippen molar-refractivity contribution in [1.82, 2.24) is 19.9 Å². The van der Waals surface area contributed by atoms with E-state index in [4.69, 9.17) is 15.2 Å². The molecule has 1 aromatic carbocycles. The van der Waals surface area contributed by atoms with Gasteiger partial charge in [0.2, 0.25) is 0 Å². The van der Waals surface area contributed by atoms with Gasteiger partial charge < -0.3 is 20.1 Å². The smallest absolute Gasteiger partial charge is 0.276 e. The van der Waals surface area contributed by atoms with Gasteiger partial charge in [0.25, 0.3) is 5.91 Å². The first-order valence-electron chi connectivity index (χ1n) is 8.50. The zero-order valence-corrected chi connectivity index (χ0v) is 14.1. The number of hydrogen-bond acceptors (Lipinski definition) is 6. The first-order chi connectivity index (χ1) is 12.1. The topological polar surface area (TPSA) is 95.5 Å². The molecule has 0 radical (unpaired) electrons. The number of nitrogens with two attached hydrogens (primary N) is 1. The van der Waals surface area contributed by atoms with Crippen LogP contribution < -0.4 is 15.2 Å². The van der Waals surface area contributed by atoms with E-state index in [1.165, 1.54) is 0 Å². The SMILES string of the molecule is Cc1c(C(=O)N2CCCC(N)C2)nnn1-c1ccc2c(c1)OCCO2. The average molecular weight is 343 g/mol. The number of likely N-dealkylation sites (tertiary alicyclic amines) is 1. The fraction of sp³-hybridized carbons (Fsp3) is 0.471. The van der Waals surface area contributed by atoms with Crippen LogP contribution in [0.4, 0.5) is 0 Å². The lowest BCUT2D eigenvalue weighted by molar-refractivity contribution is 0.0702. The summed E-state index contributed by atoms with van der Waals surface area (Å²) < 4.78 is 12.8. The first-order valence-corrected chi connectivity index (χ1v) is 8.50. The Labute approximate surface area is 145 Å². The van der Waals surface area contributed by atoms with Crippen LogP contribution in [-0.2, 0) is 0 Å². The van der Waals surface area contributed by atoms with Gasteiger partial charge in [-0.25, -0.2) is 4.68 Å². The van der Waals surface area contributed by atoms with Crippen molar-refractivity contribution in [3.05, 3.63) is 29.6 Å². The lowest BCUT2D eigenvalue weighted by Gasteiger charge is -2.30. The molecule has 0 aliphatic carbocycles. The number of aromatic nitrogens is 3. The number of piperidine rings is 1. The maximum absolute atomic E-state index is 12.8.